The highest BCUT2D eigenvalue weighted by atomic mass is 16.5. The van der Waals surface area contributed by atoms with Crippen molar-refractivity contribution in [1.82, 2.24) is 0 Å². The van der Waals surface area contributed by atoms with E-state index in [4.69, 9.17) is 9.47 Å². The lowest BCUT2D eigenvalue weighted by Gasteiger charge is -2.09. The molecule has 2 aromatic rings. The topological polar surface area (TPSA) is 47.6 Å². The number of ether oxygens (including phenoxy) is 2. The van der Waals surface area contributed by atoms with Crippen LogP contribution in [0.2, 0.25) is 0 Å². The van der Waals surface area contributed by atoms with Gasteiger partial charge in [-0.15, -0.1) is 0 Å². The van der Waals surface area contributed by atoms with E-state index in [9.17, 15) is 4.79 Å². The number of hydrogen-bond acceptors (Lipinski definition) is 3. The predicted molar refractivity (Wildman–Crippen MR) is 87.2 cm³/mol. The highest BCUT2D eigenvalue weighted by molar-refractivity contribution is 5.91. The Morgan fingerprint density at radius 2 is 1.86 bits per heavy atom. The van der Waals surface area contributed by atoms with Crippen LogP contribution in [-0.4, -0.2) is 26.2 Å². The minimum atomic E-state index is -0.00195. The summed E-state index contributed by atoms with van der Waals surface area (Å²) in [6, 6.07) is 17.4. The van der Waals surface area contributed by atoms with Gasteiger partial charge in [0.25, 0.3) is 0 Å². The maximum Gasteiger partial charge on any atom is 0.224 e. The molecule has 2 aromatic carbocycles. The molecule has 0 saturated carbocycles. The number of hydrogen-bond donors (Lipinski definition) is 1. The third-order valence-corrected chi connectivity index (χ3v) is 3.16. The molecule has 0 saturated heterocycles. The van der Waals surface area contributed by atoms with Crippen LogP contribution >= 0.6 is 0 Å². The summed E-state index contributed by atoms with van der Waals surface area (Å²) in [6.07, 6.45) is 1.19. The van der Waals surface area contributed by atoms with Crippen molar-refractivity contribution < 1.29 is 14.3 Å². The molecule has 0 unspecified atom stereocenters. The number of amides is 1. The van der Waals surface area contributed by atoms with Crippen molar-refractivity contribution in [3.8, 4) is 5.75 Å². The molecular formula is C18H21NO3. The fourth-order valence-electron chi connectivity index (χ4n) is 2.03. The largest absolute Gasteiger partial charge is 0.491 e. The number of aryl methyl sites for hydroxylation is 1. The van der Waals surface area contributed by atoms with Gasteiger partial charge in [0.1, 0.15) is 12.4 Å². The van der Waals surface area contributed by atoms with Crippen LogP contribution in [0.3, 0.4) is 0 Å². The van der Waals surface area contributed by atoms with Crippen molar-refractivity contribution in [2.24, 2.45) is 0 Å². The molecule has 0 fully saturated rings. The smallest absolute Gasteiger partial charge is 0.224 e. The molecule has 22 heavy (non-hydrogen) atoms. The fraction of sp³-hybridized carbons (Fsp3) is 0.278. The quantitative estimate of drug-likeness (QED) is 0.761. The van der Waals surface area contributed by atoms with Gasteiger partial charge in [0, 0.05) is 25.3 Å². The first-order valence-electron chi connectivity index (χ1n) is 7.33. The molecule has 2 rings (SSSR count). The Morgan fingerprint density at radius 3 is 2.64 bits per heavy atom. The average molecular weight is 299 g/mol. The predicted octanol–water partition coefficient (Wildman–Crippen LogP) is 3.28. The van der Waals surface area contributed by atoms with Crippen LogP contribution < -0.4 is 10.1 Å². The van der Waals surface area contributed by atoms with Crippen LogP contribution in [0.25, 0.3) is 0 Å². The molecule has 0 aliphatic rings. The minimum Gasteiger partial charge on any atom is -0.491 e. The molecule has 4 heteroatoms. The molecule has 1 amide bonds. The van der Waals surface area contributed by atoms with Gasteiger partial charge in [-0.2, -0.15) is 0 Å². The summed E-state index contributed by atoms with van der Waals surface area (Å²) in [7, 11) is 1.63. The van der Waals surface area contributed by atoms with Gasteiger partial charge >= 0.3 is 0 Å². The van der Waals surface area contributed by atoms with Gasteiger partial charge in [-0.3, -0.25) is 4.79 Å². The van der Waals surface area contributed by atoms with Crippen LogP contribution in [0.5, 0.6) is 5.75 Å². The van der Waals surface area contributed by atoms with Crippen molar-refractivity contribution in [3.05, 3.63) is 60.2 Å². The van der Waals surface area contributed by atoms with Crippen molar-refractivity contribution in [3.63, 3.8) is 0 Å². The zero-order chi connectivity index (χ0) is 15.6. The van der Waals surface area contributed by atoms with E-state index in [1.807, 2.05) is 54.6 Å². The summed E-state index contributed by atoms with van der Waals surface area (Å²) in [5, 5.41) is 2.89. The lowest BCUT2D eigenvalue weighted by molar-refractivity contribution is -0.116. The molecular weight excluding hydrogens is 278 g/mol. The summed E-state index contributed by atoms with van der Waals surface area (Å²) in [5.74, 6) is 0.718. The lowest BCUT2D eigenvalue weighted by Crippen LogP contribution is -2.12. The second kappa shape index (κ2) is 8.85. The Balaban J connectivity index is 1.82. The van der Waals surface area contributed by atoms with Crippen LogP contribution in [0.1, 0.15) is 12.0 Å². The summed E-state index contributed by atoms with van der Waals surface area (Å²) < 4.78 is 10.5. The standard InChI is InChI=1S/C18H21NO3/c1-21-12-13-22-17-9-5-8-16(14-17)19-18(20)11-10-15-6-3-2-4-7-15/h2-9,14H,10-13H2,1H3,(H,19,20). The van der Waals surface area contributed by atoms with Crippen LogP contribution in [0, 0.1) is 0 Å². The summed E-state index contributed by atoms with van der Waals surface area (Å²) in [6.45, 7) is 1.02. The number of nitrogens with one attached hydrogen (secondary N) is 1. The maximum absolute atomic E-state index is 12.0. The van der Waals surface area contributed by atoms with Crippen molar-refractivity contribution >= 4 is 11.6 Å². The first kappa shape index (κ1) is 16.0. The third-order valence-electron chi connectivity index (χ3n) is 3.16. The number of rotatable bonds is 8. The van der Waals surface area contributed by atoms with Gasteiger partial charge in [0.05, 0.1) is 6.61 Å². The molecule has 0 aromatic heterocycles. The number of benzene rings is 2. The Bertz CT molecular complexity index is 584. The summed E-state index contributed by atoms with van der Waals surface area (Å²) in [4.78, 5) is 12.0. The van der Waals surface area contributed by atoms with Gasteiger partial charge < -0.3 is 14.8 Å². The SMILES string of the molecule is COCCOc1cccc(NC(=O)CCc2ccccc2)c1. The number of methoxy groups -OCH3 is 1. The lowest BCUT2D eigenvalue weighted by atomic mass is 10.1. The summed E-state index contributed by atoms with van der Waals surface area (Å²) >= 11 is 0. The van der Waals surface area contributed by atoms with Gasteiger partial charge in [-0.25, -0.2) is 0 Å². The fourth-order valence-corrected chi connectivity index (χ4v) is 2.03. The zero-order valence-electron chi connectivity index (χ0n) is 12.7. The first-order valence-corrected chi connectivity index (χ1v) is 7.33. The molecule has 0 aliphatic carbocycles. The second-order valence-corrected chi connectivity index (χ2v) is 4.90. The van der Waals surface area contributed by atoms with Crippen LogP contribution in [0.15, 0.2) is 54.6 Å². The number of carbonyl (C=O) groups is 1. The molecule has 0 radical (unpaired) electrons. The van der Waals surface area contributed by atoms with Crippen molar-refractivity contribution in [1.29, 1.82) is 0 Å². The Labute approximate surface area is 131 Å². The van der Waals surface area contributed by atoms with Gasteiger partial charge in [-0.05, 0) is 24.1 Å². The number of anilines is 1. The molecule has 1 N–H and O–H groups in total. The van der Waals surface area contributed by atoms with Crippen molar-refractivity contribution in [2.45, 2.75) is 12.8 Å². The maximum atomic E-state index is 12.0. The van der Waals surface area contributed by atoms with Crippen LogP contribution in [0.4, 0.5) is 5.69 Å². The Morgan fingerprint density at radius 1 is 1.05 bits per heavy atom. The molecule has 0 heterocycles. The molecule has 116 valence electrons. The average Bonchev–Trinajstić information content (AvgIpc) is 2.55. The molecule has 0 spiro atoms. The Hall–Kier alpha value is -2.33. The van der Waals surface area contributed by atoms with E-state index in [0.29, 0.717) is 19.6 Å². The zero-order valence-corrected chi connectivity index (χ0v) is 12.7. The van der Waals surface area contributed by atoms with Crippen LogP contribution in [-0.2, 0) is 16.0 Å². The van der Waals surface area contributed by atoms with E-state index in [1.165, 1.54) is 0 Å². The molecule has 0 bridgehead atoms. The molecule has 0 atom stereocenters. The van der Waals surface area contributed by atoms with E-state index in [-0.39, 0.29) is 5.91 Å². The Kier molecular flexibility index (Phi) is 6.45. The molecule has 0 aliphatic heterocycles. The monoisotopic (exact) mass is 299 g/mol. The van der Waals surface area contributed by atoms with E-state index < -0.39 is 0 Å². The number of carbonyl (C=O) groups excluding carboxylic acids is 1. The third kappa shape index (κ3) is 5.58. The van der Waals surface area contributed by atoms with Gasteiger partial charge in [-0.1, -0.05) is 36.4 Å². The van der Waals surface area contributed by atoms with E-state index in [0.717, 1.165) is 23.4 Å². The van der Waals surface area contributed by atoms with Gasteiger partial charge in [0.15, 0.2) is 0 Å². The minimum absolute atomic E-state index is 0.00195. The second-order valence-electron chi connectivity index (χ2n) is 4.90. The van der Waals surface area contributed by atoms with Crippen molar-refractivity contribution in [2.75, 3.05) is 25.6 Å². The highest BCUT2D eigenvalue weighted by Crippen LogP contribution is 2.17. The van der Waals surface area contributed by atoms with Gasteiger partial charge in [0.2, 0.25) is 5.91 Å². The van der Waals surface area contributed by atoms with E-state index in [2.05, 4.69) is 5.32 Å². The highest BCUT2D eigenvalue weighted by Gasteiger charge is 2.04. The first-order chi connectivity index (χ1) is 10.8. The molecule has 4 nitrogen and oxygen atoms in total. The normalized spacial score (nSPS) is 10.2. The summed E-state index contributed by atoms with van der Waals surface area (Å²) in [5.41, 5.74) is 1.90. The van der Waals surface area contributed by atoms with E-state index >= 15 is 0 Å². The van der Waals surface area contributed by atoms with E-state index in [1.54, 1.807) is 7.11 Å².